The third kappa shape index (κ3) is 2.31. The molecule has 1 radical (unpaired) electrons. The molecule has 2 aromatic heterocycles. The standard InChI is InChI=1S/C27H14NO.Ir/c1-2-7-18-17(6-1)21-9-5-10-23-27(21)22(18)15-24(28-23)16-12-13-20-19-8-3-4-11-25(19)29-26(20)14-16;/h1-11,13-15H;/q-1;. The minimum Gasteiger partial charge on any atom is -0.476 e. The minimum atomic E-state index is 0. The van der Waals surface area contributed by atoms with Gasteiger partial charge in [0.25, 0.3) is 0 Å². The van der Waals surface area contributed by atoms with Gasteiger partial charge in [-0.1, -0.05) is 72.1 Å². The van der Waals surface area contributed by atoms with E-state index in [4.69, 9.17) is 9.40 Å². The molecule has 0 saturated carbocycles. The first kappa shape index (κ1) is 17.6. The van der Waals surface area contributed by atoms with E-state index in [0.29, 0.717) is 0 Å². The van der Waals surface area contributed by atoms with Gasteiger partial charge in [-0.2, -0.15) is 0 Å². The second kappa shape index (κ2) is 6.37. The third-order valence-corrected chi connectivity index (χ3v) is 5.93. The fourth-order valence-corrected chi connectivity index (χ4v) is 4.63. The zero-order valence-corrected chi connectivity index (χ0v) is 18.2. The molecule has 0 spiro atoms. The van der Waals surface area contributed by atoms with Crippen molar-refractivity contribution in [3.8, 4) is 33.5 Å². The van der Waals surface area contributed by atoms with Crippen LogP contribution < -0.4 is 0 Å². The van der Waals surface area contributed by atoms with Gasteiger partial charge in [0.15, 0.2) is 0 Å². The summed E-state index contributed by atoms with van der Waals surface area (Å²) in [7, 11) is 0. The third-order valence-electron chi connectivity index (χ3n) is 5.93. The molecular formula is C27H14IrNO-. The van der Waals surface area contributed by atoms with Gasteiger partial charge in [0, 0.05) is 25.5 Å². The van der Waals surface area contributed by atoms with Gasteiger partial charge in [-0.05, 0) is 45.5 Å². The fraction of sp³-hybridized carbons (Fsp3) is 0. The molecule has 0 fully saturated rings. The van der Waals surface area contributed by atoms with Crippen LogP contribution in [0, 0.1) is 6.07 Å². The summed E-state index contributed by atoms with van der Waals surface area (Å²) >= 11 is 0. The van der Waals surface area contributed by atoms with Gasteiger partial charge in [-0.25, -0.2) is 0 Å². The van der Waals surface area contributed by atoms with Crippen molar-refractivity contribution in [3.63, 3.8) is 0 Å². The molecule has 0 bridgehead atoms. The Morgan fingerprint density at radius 3 is 2.33 bits per heavy atom. The SMILES string of the molecule is [Ir].[c-]1cc2c(cc1-c1cc3c4c(cccc4n1)-c1ccccc1-3)oc1ccccc12. The summed E-state index contributed by atoms with van der Waals surface area (Å²) in [5.74, 6) is 0. The van der Waals surface area contributed by atoms with Gasteiger partial charge in [-0.3, -0.25) is 4.98 Å². The van der Waals surface area contributed by atoms with E-state index in [1.54, 1.807) is 0 Å². The number of rotatable bonds is 1. The quantitative estimate of drug-likeness (QED) is 0.198. The molecule has 0 amide bonds. The summed E-state index contributed by atoms with van der Waals surface area (Å²) in [6.45, 7) is 0. The predicted octanol–water partition coefficient (Wildman–Crippen LogP) is 7.25. The van der Waals surface area contributed by atoms with E-state index in [0.717, 1.165) is 38.7 Å². The van der Waals surface area contributed by atoms with E-state index in [1.807, 2.05) is 24.3 Å². The Labute approximate surface area is 186 Å². The Morgan fingerprint density at radius 2 is 1.43 bits per heavy atom. The molecule has 1 aliphatic rings. The summed E-state index contributed by atoms with van der Waals surface area (Å²) in [5, 5.41) is 3.44. The van der Waals surface area contributed by atoms with Crippen LogP contribution in [0.5, 0.6) is 0 Å². The number of pyridine rings is 1. The van der Waals surface area contributed by atoms with Crippen LogP contribution in [0.3, 0.4) is 0 Å². The zero-order chi connectivity index (χ0) is 18.9. The first-order valence-electron chi connectivity index (χ1n) is 9.74. The van der Waals surface area contributed by atoms with Gasteiger partial charge >= 0.3 is 0 Å². The van der Waals surface area contributed by atoms with Crippen LogP contribution in [0.25, 0.3) is 66.4 Å². The largest absolute Gasteiger partial charge is 0.476 e. The molecule has 1 aliphatic carbocycles. The van der Waals surface area contributed by atoms with Crippen molar-refractivity contribution in [3.05, 3.63) is 91.0 Å². The Kier molecular flexibility index (Phi) is 3.73. The van der Waals surface area contributed by atoms with Gasteiger partial charge in [0.2, 0.25) is 0 Å². The molecular weight excluding hydrogens is 547 g/mol. The molecule has 30 heavy (non-hydrogen) atoms. The monoisotopic (exact) mass is 561 g/mol. The van der Waals surface area contributed by atoms with Crippen LogP contribution >= 0.6 is 0 Å². The second-order valence-electron chi connectivity index (χ2n) is 7.52. The van der Waals surface area contributed by atoms with Crippen molar-refractivity contribution >= 4 is 32.8 Å². The maximum Gasteiger partial charge on any atom is 0.123 e. The number of furan rings is 1. The van der Waals surface area contributed by atoms with Gasteiger partial charge in [-0.15, -0.1) is 17.7 Å². The minimum absolute atomic E-state index is 0. The number of aromatic nitrogens is 1. The summed E-state index contributed by atoms with van der Waals surface area (Å²) in [5.41, 5.74) is 9.72. The number of nitrogens with zero attached hydrogens (tertiary/aromatic N) is 1. The van der Waals surface area contributed by atoms with Crippen LogP contribution in [-0.2, 0) is 20.1 Å². The maximum absolute atomic E-state index is 6.08. The van der Waals surface area contributed by atoms with Crippen molar-refractivity contribution < 1.29 is 24.5 Å². The summed E-state index contributed by atoms with van der Waals surface area (Å²) in [6, 6.07) is 32.8. The van der Waals surface area contributed by atoms with Crippen molar-refractivity contribution in [2.45, 2.75) is 0 Å². The molecule has 0 atom stereocenters. The first-order chi connectivity index (χ1) is 14.4. The fourth-order valence-electron chi connectivity index (χ4n) is 4.63. The molecule has 7 rings (SSSR count). The van der Waals surface area contributed by atoms with Crippen molar-refractivity contribution in [2.24, 2.45) is 0 Å². The average Bonchev–Trinajstić information content (AvgIpc) is 3.31. The van der Waals surface area contributed by atoms with E-state index in [-0.39, 0.29) is 20.1 Å². The maximum atomic E-state index is 6.08. The number of para-hydroxylation sites is 1. The van der Waals surface area contributed by atoms with Gasteiger partial charge in [0.1, 0.15) is 5.58 Å². The molecule has 143 valence electrons. The molecule has 4 aromatic carbocycles. The average molecular weight is 561 g/mol. The molecule has 0 N–H and O–H groups in total. The zero-order valence-electron chi connectivity index (χ0n) is 15.8. The molecule has 0 aliphatic heterocycles. The Morgan fingerprint density at radius 1 is 0.667 bits per heavy atom. The van der Waals surface area contributed by atoms with Crippen LogP contribution in [0.15, 0.2) is 89.3 Å². The van der Waals surface area contributed by atoms with E-state index in [2.05, 4.69) is 66.7 Å². The van der Waals surface area contributed by atoms with E-state index >= 15 is 0 Å². The van der Waals surface area contributed by atoms with E-state index < -0.39 is 0 Å². The summed E-state index contributed by atoms with van der Waals surface area (Å²) in [4.78, 5) is 4.98. The van der Waals surface area contributed by atoms with Gasteiger partial charge in [0.05, 0.1) is 11.1 Å². The molecule has 0 saturated heterocycles. The topological polar surface area (TPSA) is 26.0 Å². The van der Waals surface area contributed by atoms with Crippen LogP contribution in [0.2, 0.25) is 0 Å². The Hall–Kier alpha value is -3.26. The number of hydrogen-bond acceptors (Lipinski definition) is 2. The van der Waals surface area contributed by atoms with Crippen molar-refractivity contribution in [2.75, 3.05) is 0 Å². The summed E-state index contributed by atoms with van der Waals surface area (Å²) in [6.07, 6.45) is 0. The van der Waals surface area contributed by atoms with Crippen LogP contribution in [-0.4, -0.2) is 4.98 Å². The van der Waals surface area contributed by atoms with Crippen LogP contribution in [0.1, 0.15) is 0 Å². The summed E-state index contributed by atoms with van der Waals surface area (Å²) < 4.78 is 6.08. The van der Waals surface area contributed by atoms with Crippen molar-refractivity contribution in [1.29, 1.82) is 0 Å². The molecule has 6 aromatic rings. The first-order valence-corrected chi connectivity index (χ1v) is 9.74. The molecule has 2 heterocycles. The van der Waals surface area contributed by atoms with E-state index in [9.17, 15) is 0 Å². The number of fused-ring (bicyclic) bond motifs is 6. The Bertz CT molecular complexity index is 1610. The normalized spacial score (nSPS) is 11.7. The number of hydrogen-bond donors (Lipinski definition) is 0. The molecule has 3 heteroatoms. The molecule has 0 unspecified atom stereocenters. The van der Waals surface area contributed by atoms with Crippen molar-refractivity contribution in [1.82, 2.24) is 4.98 Å². The van der Waals surface area contributed by atoms with Crippen LogP contribution in [0.4, 0.5) is 0 Å². The second-order valence-corrected chi connectivity index (χ2v) is 7.52. The Balaban J connectivity index is 0.00000175. The van der Waals surface area contributed by atoms with Gasteiger partial charge < -0.3 is 4.42 Å². The van der Waals surface area contributed by atoms with E-state index in [1.165, 1.54) is 27.6 Å². The molecule has 2 nitrogen and oxygen atoms in total. The number of benzene rings is 4. The smallest absolute Gasteiger partial charge is 0.123 e. The predicted molar refractivity (Wildman–Crippen MR) is 118 cm³/mol.